The first kappa shape index (κ1) is 23.9. The maximum Gasteiger partial charge on any atom is 1.00 e. The number of nitrogens with one attached hydrogen (secondary N) is 2. The first-order valence-electron chi connectivity index (χ1n) is 13.5. The van der Waals surface area contributed by atoms with Gasteiger partial charge in [0.2, 0.25) is 0 Å². The zero-order valence-corrected chi connectivity index (χ0v) is 22.7. The molecule has 3 aromatic heterocycles. The molecule has 0 spiro atoms. The van der Waals surface area contributed by atoms with E-state index in [9.17, 15) is 0 Å². The third kappa shape index (κ3) is 3.60. The van der Waals surface area contributed by atoms with Crippen LogP contribution < -0.4 is 0 Å². The number of aromatic nitrogens is 4. The van der Waals surface area contributed by atoms with E-state index in [0.717, 1.165) is 88.6 Å². The summed E-state index contributed by atoms with van der Waals surface area (Å²) < 4.78 is 0. The minimum atomic E-state index is 0. The molecule has 0 saturated heterocycles. The van der Waals surface area contributed by atoms with Crippen LogP contribution in [-0.2, 0) is 16.5 Å². The Morgan fingerprint density at radius 2 is 0.585 bits per heavy atom. The van der Waals surface area contributed by atoms with Gasteiger partial charge in [-0.3, -0.25) is 0 Å². The van der Waals surface area contributed by atoms with Crippen molar-refractivity contribution < 1.29 is 16.5 Å². The summed E-state index contributed by atoms with van der Waals surface area (Å²) in [5.41, 5.74) is 12.5. The van der Waals surface area contributed by atoms with E-state index in [2.05, 4.69) is 131 Å². The molecule has 195 valence electrons. The fraction of sp³-hybridized carbons (Fsp3) is 0. The number of aromatic amines is 2. The summed E-state index contributed by atoms with van der Waals surface area (Å²) in [6.45, 7) is 0. The predicted octanol–water partition coefficient (Wildman–Crippen LogP) is 9.29. The van der Waals surface area contributed by atoms with Gasteiger partial charge in [-0.25, -0.2) is 9.97 Å². The number of nitrogens with zero attached hydrogens (tertiary/aromatic N) is 2. The second-order valence-corrected chi connectivity index (χ2v) is 10.4. The number of hydrogen-bond donors (Lipinski definition) is 2. The minimum Gasteiger partial charge on any atom is -0.354 e. The topological polar surface area (TPSA) is 57.4 Å². The number of hydrogen-bond acceptors (Lipinski definition) is 2. The van der Waals surface area contributed by atoms with Crippen molar-refractivity contribution in [3.63, 3.8) is 0 Å². The number of rotatable bonds is 0. The van der Waals surface area contributed by atoms with E-state index in [4.69, 9.17) is 9.97 Å². The molecule has 4 aromatic carbocycles. The molecule has 0 fully saturated rings. The SMILES string of the molecule is [Ni+].c1ccc2c(c1)-c1cc3[nH]c(cc4nc(cc5[nH]c(cc-2n1)c1ccccc51)-c1ccccc1-4)c1ccccc31. The van der Waals surface area contributed by atoms with Crippen LogP contribution in [0.4, 0.5) is 0 Å². The Balaban J connectivity index is 0.00000256. The van der Waals surface area contributed by atoms with E-state index in [1.54, 1.807) is 0 Å². The maximum atomic E-state index is 5.17. The van der Waals surface area contributed by atoms with Crippen LogP contribution in [0.1, 0.15) is 0 Å². The van der Waals surface area contributed by atoms with Crippen LogP contribution in [0.5, 0.6) is 0 Å². The molecule has 7 aromatic rings. The molecule has 0 aliphatic carbocycles. The van der Waals surface area contributed by atoms with Crippen LogP contribution in [0.25, 0.3) is 88.6 Å². The Kier molecular flexibility index (Phi) is 5.25. The number of fused-ring (bicyclic) bond motifs is 20. The molecule has 2 aliphatic rings. The summed E-state index contributed by atoms with van der Waals surface area (Å²) in [7, 11) is 0. The Bertz CT molecular complexity index is 2020. The second-order valence-electron chi connectivity index (χ2n) is 10.4. The first-order chi connectivity index (χ1) is 19.8. The molecule has 0 saturated carbocycles. The van der Waals surface area contributed by atoms with Crippen LogP contribution in [0.3, 0.4) is 0 Å². The molecule has 41 heavy (non-hydrogen) atoms. The molecule has 5 heteroatoms. The van der Waals surface area contributed by atoms with Crippen molar-refractivity contribution >= 4 is 43.6 Å². The van der Waals surface area contributed by atoms with Gasteiger partial charge in [-0.15, -0.1) is 0 Å². The monoisotopic (exact) mass is 568 g/mol. The molecule has 8 bridgehead atoms. The van der Waals surface area contributed by atoms with Gasteiger partial charge in [-0.05, 0) is 24.3 Å². The summed E-state index contributed by atoms with van der Waals surface area (Å²) in [5.74, 6) is 0. The van der Waals surface area contributed by atoms with Crippen molar-refractivity contribution in [1.29, 1.82) is 0 Å². The zero-order chi connectivity index (χ0) is 26.2. The van der Waals surface area contributed by atoms with Gasteiger partial charge in [-0.1, -0.05) is 97.1 Å². The number of H-pyrrole nitrogens is 2. The van der Waals surface area contributed by atoms with Crippen LogP contribution in [0.2, 0.25) is 0 Å². The van der Waals surface area contributed by atoms with Crippen LogP contribution in [0, 0.1) is 0 Å². The quantitative estimate of drug-likeness (QED) is 0.179. The molecular weight excluding hydrogens is 547 g/mol. The second kappa shape index (κ2) is 9.02. The van der Waals surface area contributed by atoms with Crippen LogP contribution in [-0.4, -0.2) is 19.9 Å². The Morgan fingerprint density at radius 1 is 0.341 bits per heavy atom. The molecular formula is C36H22N4Ni+. The normalized spacial score (nSPS) is 11.7. The molecule has 9 rings (SSSR count). The van der Waals surface area contributed by atoms with Gasteiger partial charge in [0.25, 0.3) is 0 Å². The van der Waals surface area contributed by atoms with Gasteiger partial charge >= 0.3 is 16.5 Å². The maximum absolute atomic E-state index is 5.17. The Morgan fingerprint density at radius 3 is 0.854 bits per heavy atom. The summed E-state index contributed by atoms with van der Waals surface area (Å²) in [6, 6.07) is 42.7. The van der Waals surface area contributed by atoms with Gasteiger partial charge in [0.05, 0.1) is 22.8 Å². The average Bonchev–Trinajstić information content (AvgIpc) is 3.73. The Labute approximate surface area is 245 Å². The van der Waals surface area contributed by atoms with Crippen LogP contribution in [0.15, 0.2) is 121 Å². The Hall–Kier alpha value is -4.99. The molecule has 1 radical (unpaired) electrons. The zero-order valence-electron chi connectivity index (χ0n) is 21.8. The van der Waals surface area contributed by atoms with Gasteiger partial charge in [0, 0.05) is 65.9 Å². The van der Waals surface area contributed by atoms with Crippen molar-refractivity contribution in [1.82, 2.24) is 19.9 Å². The first-order valence-corrected chi connectivity index (χ1v) is 13.5. The van der Waals surface area contributed by atoms with Crippen molar-refractivity contribution in [2.75, 3.05) is 0 Å². The molecule has 2 aliphatic heterocycles. The van der Waals surface area contributed by atoms with E-state index in [1.165, 1.54) is 0 Å². The molecule has 0 atom stereocenters. The van der Waals surface area contributed by atoms with Crippen molar-refractivity contribution in [3.05, 3.63) is 121 Å². The molecule has 0 amide bonds. The largest absolute Gasteiger partial charge is 1.00 e. The summed E-state index contributed by atoms with van der Waals surface area (Å²) in [5, 5.41) is 4.66. The fourth-order valence-corrected chi connectivity index (χ4v) is 6.27. The standard InChI is InChI=1S/C36H22N4.Ni/c1-2-10-22-21(9-1)29-17-31-23-11-3-4-12-24(23)33(38-31)19-35-27-15-7-8-16-28(27)36(40-35)20-34-26-14-6-5-13-25(26)32(39-34)18-30(22)37-29;/h1-20,37,40H;/q;+1. The summed E-state index contributed by atoms with van der Waals surface area (Å²) in [4.78, 5) is 17.8. The third-order valence-corrected chi connectivity index (χ3v) is 8.12. The summed E-state index contributed by atoms with van der Waals surface area (Å²) >= 11 is 0. The van der Waals surface area contributed by atoms with Gasteiger partial charge in [-0.2, -0.15) is 0 Å². The van der Waals surface area contributed by atoms with Crippen molar-refractivity contribution in [2.24, 2.45) is 0 Å². The molecule has 5 heterocycles. The fourth-order valence-electron chi connectivity index (χ4n) is 6.27. The van der Waals surface area contributed by atoms with Gasteiger partial charge < -0.3 is 9.97 Å². The smallest absolute Gasteiger partial charge is 0.354 e. The van der Waals surface area contributed by atoms with Crippen molar-refractivity contribution in [3.8, 4) is 45.0 Å². The van der Waals surface area contributed by atoms with Crippen molar-refractivity contribution in [2.45, 2.75) is 0 Å². The molecule has 2 N–H and O–H groups in total. The van der Waals surface area contributed by atoms with E-state index >= 15 is 0 Å². The van der Waals surface area contributed by atoms with Crippen LogP contribution >= 0.6 is 0 Å². The molecule has 4 nitrogen and oxygen atoms in total. The predicted molar refractivity (Wildman–Crippen MR) is 165 cm³/mol. The van der Waals surface area contributed by atoms with E-state index in [0.29, 0.717) is 0 Å². The van der Waals surface area contributed by atoms with Gasteiger partial charge in [0.1, 0.15) is 0 Å². The number of benzene rings is 4. The van der Waals surface area contributed by atoms with E-state index in [-0.39, 0.29) is 16.5 Å². The molecule has 0 unspecified atom stereocenters. The average molecular weight is 569 g/mol. The minimum absolute atomic E-state index is 0. The van der Waals surface area contributed by atoms with E-state index in [1.807, 2.05) is 0 Å². The van der Waals surface area contributed by atoms with E-state index < -0.39 is 0 Å². The third-order valence-electron chi connectivity index (χ3n) is 8.12. The van der Waals surface area contributed by atoms with Gasteiger partial charge in [0.15, 0.2) is 0 Å². The summed E-state index contributed by atoms with van der Waals surface area (Å²) in [6.07, 6.45) is 0.